The lowest BCUT2D eigenvalue weighted by Crippen LogP contribution is -2.10. The first-order valence-electron chi connectivity index (χ1n) is 5.65. The first kappa shape index (κ1) is 13.5. The van der Waals surface area contributed by atoms with Gasteiger partial charge in [0.15, 0.2) is 0 Å². The lowest BCUT2D eigenvalue weighted by Gasteiger charge is -2.07. The van der Waals surface area contributed by atoms with Crippen LogP contribution in [0.4, 0.5) is 0 Å². The van der Waals surface area contributed by atoms with Gasteiger partial charge in [0, 0.05) is 6.61 Å². The van der Waals surface area contributed by atoms with Crippen molar-refractivity contribution < 1.29 is 14.2 Å². The first-order valence-corrected chi connectivity index (χ1v) is 5.65. The number of nitrogens with zero attached hydrogens (tertiary/aromatic N) is 1. The van der Waals surface area contributed by atoms with Gasteiger partial charge in [0.05, 0.1) is 31.5 Å². The molecular weight excluding hydrogens is 218 g/mol. The van der Waals surface area contributed by atoms with E-state index >= 15 is 0 Å². The van der Waals surface area contributed by atoms with Crippen LogP contribution in [0.2, 0.25) is 0 Å². The SMILES string of the molecule is CCOCCOCCOc1cccc(C#N)c1. The summed E-state index contributed by atoms with van der Waals surface area (Å²) in [6.07, 6.45) is 0. The molecule has 4 nitrogen and oxygen atoms in total. The Morgan fingerprint density at radius 3 is 2.65 bits per heavy atom. The van der Waals surface area contributed by atoms with Gasteiger partial charge in [-0.05, 0) is 25.1 Å². The van der Waals surface area contributed by atoms with Gasteiger partial charge in [0.25, 0.3) is 0 Å². The van der Waals surface area contributed by atoms with E-state index in [2.05, 4.69) is 6.07 Å². The fraction of sp³-hybridized carbons (Fsp3) is 0.462. The highest BCUT2D eigenvalue weighted by atomic mass is 16.5. The van der Waals surface area contributed by atoms with E-state index in [4.69, 9.17) is 19.5 Å². The number of ether oxygens (including phenoxy) is 3. The molecule has 92 valence electrons. The third kappa shape index (κ3) is 5.91. The quantitative estimate of drug-likeness (QED) is 0.646. The Hall–Kier alpha value is -1.57. The minimum absolute atomic E-state index is 0.473. The number of rotatable bonds is 8. The van der Waals surface area contributed by atoms with Crippen molar-refractivity contribution in [1.82, 2.24) is 0 Å². The van der Waals surface area contributed by atoms with E-state index in [0.717, 1.165) is 0 Å². The molecule has 1 aromatic rings. The molecule has 0 bridgehead atoms. The molecule has 0 unspecified atom stereocenters. The van der Waals surface area contributed by atoms with Gasteiger partial charge in [-0.3, -0.25) is 0 Å². The molecule has 0 atom stereocenters. The molecule has 0 radical (unpaired) electrons. The molecule has 0 saturated heterocycles. The summed E-state index contributed by atoms with van der Waals surface area (Å²) in [6, 6.07) is 9.13. The number of benzene rings is 1. The fourth-order valence-corrected chi connectivity index (χ4v) is 1.24. The van der Waals surface area contributed by atoms with E-state index in [1.165, 1.54) is 0 Å². The van der Waals surface area contributed by atoms with Crippen LogP contribution in [0.1, 0.15) is 12.5 Å². The maximum absolute atomic E-state index is 8.71. The van der Waals surface area contributed by atoms with Crippen LogP contribution in [0.25, 0.3) is 0 Å². The van der Waals surface area contributed by atoms with Crippen LogP contribution in [-0.2, 0) is 9.47 Å². The monoisotopic (exact) mass is 235 g/mol. The summed E-state index contributed by atoms with van der Waals surface area (Å²) in [5.41, 5.74) is 0.597. The van der Waals surface area contributed by atoms with Gasteiger partial charge in [0.2, 0.25) is 0 Å². The molecule has 4 heteroatoms. The molecular formula is C13H17NO3. The second-order valence-electron chi connectivity index (χ2n) is 3.30. The zero-order valence-electron chi connectivity index (χ0n) is 10.0. The molecule has 0 fully saturated rings. The van der Waals surface area contributed by atoms with Crippen molar-refractivity contribution in [1.29, 1.82) is 5.26 Å². The second-order valence-corrected chi connectivity index (χ2v) is 3.30. The lowest BCUT2D eigenvalue weighted by atomic mass is 10.2. The van der Waals surface area contributed by atoms with Crippen molar-refractivity contribution in [3.8, 4) is 11.8 Å². The second kappa shape index (κ2) is 8.57. The van der Waals surface area contributed by atoms with E-state index in [1.54, 1.807) is 18.2 Å². The van der Waals surface area contributed by atoms with E-state index in [0.29, 0.717) is 44.3 Å². The largest absolute Gasteiger partial charge is 0.491 e. The Labute approximate surface area is 102 Å². The van der Waals surface area contributed by atoms with Crippen molar-refractivity contribution >= 4 is 0 Å². The topological polar surface area (TPSA) is 51.5 Å². The molecule has 1 aromatic carbocycles. The first-order chi connectivity index (χ1) is 8.36. The van der Waals surface area contributed by atoms with Crippen LogP contribution in [0.5, 0.6) is 5.75 Å². The zero-order valence-corrected chi connectivity index (χ0v) is 10.0. The number of hydrogen-bond acceptors (Lipinski definition) is 4. The third-order valence-corrected chi connectivity index (χ3v) is 2.04. The van der Waals surface area contributed by atoms with Crippen molar-refractivity contribution in [2.75, 3.05) is 33.0 Å². The molecule has 0 aliphatic rings. The Morgan fingerprint density at radius 1 is 1.12 bits per heavy atom. The predicted molar refractivity (Wildman–Crippen MR) is 64.0 cm³/mol. The Morgan fingerprint density at radius 2 is 1.88 bits per heavy atom. The van der Waals surface area contributed by atoms with E-state index in [9.17, 15) is 0 Å². The summed E-state index contributed by atoms with van der Waals surface area (Å²) in [5.74, 6) is 0.692. The average Bonchev–Trinajstić information content (AvgIpc) is 2.38. The Balaban J connectivity index is 2.12. The Bertz CT molecular complexity index is 360. The molecule has 0 aliphatic heterocycles. The summed E-state index contributed by atoms with van der Waals surface area (Å²) in [7, 11) is 0. The Kier molecular flexibility index (Phi) is 6.80. The summed E-state index contributed by atoms with van der Waals surface area (Å²) in [5, 5.41) is 8.71. The van der Waals surface area contributed by atoms with Gasteiger partial charge in [-0.1, -0.05) is 6.07 Å². The van der Waals surface area contributed by atoms with Gasteiger partial charge in [-0.15, -0.1) is 0 Å². The normalized spacial score (nSPS) is 9.88. The highest BCUT2D eigenvalue weighted by Crippen LogP contribution is 2.12. The minimum Gasteiger partial charge on any atom is -0.491 e. The summed E-state index contributed by atoms with van der Waals surface area (Å²) >= 11 is 0. The number of nitriles is 1. The van der Waals surface area contributed by atoms with E-state index in [1.807, 2.05) is 13.0 Å². The fourth-order valence-electron chi connectivity index (χ4n) is 1.24. The summed E-state index contributed by atoms with van der Waals surface area (Å²) < 4.78 is 15.9. The molecule has 1 rings (SSSR count). The molecule has 0 aliphatic carbocycles. The predicted octanol–water partition coefficient (Wildman–Crippen LogP) is 1.99. The van der Waals surface area contributed by atoms with Crippen molar-refractivity contribution in [2.24, 2.45) is 0 Å². The zero-order chi connectivity index (χ0) is 12.3. The van der Waals surface area contributed by atoms with E-state index < -0.39 is 0 Å². The van der Waals surface area contributed by atoms with Crippen molar-refractivity contribution in [3.63, 3.8) is 0 Å². The summed E-state index contributed by atoms with van der Waals surface area (Å²) in [6.45, 7) is 4.84. The molecule has 17 heavy (non-hydrogen) atoms. The van der Waals surface area contributed by atoms with Gasteiger partial charge in [-0.2, -0.15) is 5.26 Å². The van der Waals surface area contributed by atoms with Gasteiger partial charge in [0.1, 0.15) is 12.4 Å². The van der Waals surface area contributed by atoms with Gasteiger partial charge >= 0.3 is 0 Å². The highest BCUT2D eigenvalue weighted by molar-refractivity contribution is 5.36. The van der Waals surface area contributed by atoms with Crippen LogP contribution in [0, 0.1) is 11.3 Å². The molecule has 0 amide bonds. The van der Waals surface area contributed by atoms with Crippen LogP contribution < -0.4 is 4.74 Å². The van der Waals surface area contributed by atoms with Gasteiger partial charge in [-0.25, -0.2) is 0 Å². The lowest BCUT2D eigenvalue weighted by molar-refractivity contribution is 0.0405. The molecule has 0 aromatic heterocycles. The van der Waals surface area contributed by atoms with Crippen LogP contribution >= 0.6 is 0 Å². The maximum atomic E-state index is 8.71. The van der Waals surface area contributed by atoms with Crippen LogP contribution in [-0.4, -0.2) is 33.0 Å². The molecule has 0 heterocycles. The summed E-state index contributed by atoms with van der Waals surface area (Å²) in [4.78, 5) is 0. The third-order valence-electron chi connectivity index (χ3n) is 2.04. The highest BCUT2D eigenvalue weighted by Gasteiger charge is 1.96. The van der Waals surface area contributed by atoms with E-state index in [-0.39, 0.29) is 0 Å². The molecule has 0 N–H and O–H groups in total. The van der Waals surface area contributed by atoms with Crippen LogP contribution in [0.15, 0.2) is 24.3 Å². The maximum Gasteiger partial charge on any atom is 0.120 e. The smallest absolute Gasteiger partial charge is 0.120 e. The van der Waals surface area contributed by atoms with Crippen LogP contribution in [0.3, 0.4) is 0 Å². The molecule has 0 saturated carbocycles. The minimum atomic E-state index is 0.473. The molecule has 0 spiro atoms. The average molecular weight is 235 g/mol. The van der Waals surface area contributed by atoms with Crippen molar-refractivity contribution in [2.45, 2.75) is 6.92 Å². The number of hydrogen-bond donors (Lipinski definition) is 0. The van der Waals surface area contributed by atoms with Gasteiger partial charge < -0.3 is 14.2 Å². The standard InChI is InChI=1S/C13H17NO3/c1-2-15-6-7-16-8-9-17-13-5-3-4-12(10-13)11-14/h3-5,10H,2,6-9H2,1H3. The van der Waals surface area contributed by atoms with Crippen molar-refractivity contribution in [3.05, 3.63) is 29.8 Å².